The van der Waals surface area contributed by atoms with Crippen LogP contribution in [0.5, 0.6) is 0 Å². The number of hydrogen-bond donors (Lipinski definition) is 2. The van der Waals surface area contributed by atoms with Crippen LogP contribution in [0.1, 0.15) is 16.1 Å². The molecule has 3 aromatic rings. The Morgan fingerprint density at radius 3 is 2.63 bits per heavy atom. The molecule has 0 aliphatic carbocycles. The van der Waals surface area contributed by atoms with Crippen LogP contribution in [0.15, 0.2) is 48.8 Å². The number of hydrogen-bond acceptors (Lipinski definition) is 5. The minimum atomic E-state index is -1.62. The Bertz CT molecular complexity index is 1070. The Hall–Kier alpha value is -3.93. The van der Waals surface area contributed by atoms with E-state index in [0.717, 1.165) is 18.5 Å². The van der Waals surface area contributed by atoms with Gasteiger partial charge in [-0.3, -0.25) is 4.79 Å². The minimum absolute atomic E-state index is 0.00540. The number of amides is 1. The summed E-state index contributed by atoms with van der Waals surface area (Å²) in [6, 6.07) is 11.2. The average molecular weight is 369 g/mol. The molecular formula is C18H10F3N5O. The van der Waals surface area contributed by atoms with Crippen LogP contribution in [-0.2, 0) is 0 Å². The predicted octanol–water partition coefficient (Wildman–Crippen LogP) is 3.76. The van der Waals surface area contributed by atoms with E-state index in [2.05, 4.69) is 20.6 Å². The van der Waals surface area contributed by atoms with Gasteiger partial charge in [0.25, 0.3) is 5.91 Å². The zero-order chi connectivity index (χ0) is 19.4. The van der Waals surface area contributed by atoms with Gasteiger partial charge in [-0.2, -0.15) is 5.26 Å². The van der Waals surface area contributed by atoms with Gasteiger partial charge in [0, 0.05) is 11.8 Å². The van der Waals surface area contributed by atoms with Crippen LogP contribution >= 0.6 is 0 Å². The van der Waals surface area contributed by atoms with Crippen LogP contribution in [0, 0.1) is 28.8 Å². The van der Waals surface area contributed by atoms with E-state index < -0.39 is 23.4 Å². The number of benzene rings is 2. The molecule has 27 heavy (non-hydrogen) atoms. The van der Waals surface area contributed by atoms with Crippen LogP contribution in [-0.4, -0.2) is 15.9 Å². The number of aromatic nitrogens is 2. The fraction of sp³-hybridized carbons (Fsp3) is 0. The lowest BCUT2D eigenvalue weighted by Gasteiger charge is -2.09. The van der Waals surface area contributed by atoms with Crippen molar-refractivity contribution in [1.29, 1.82) is 5.26 Å². The first-order valence-corrected chi connectivity index (χ1v) is 7.52. The van der Waals surface area contributed by atoms with Gasteiger partial charge in [0.15, 0.2) is 17.5 Å². The largest absolute Gasteiger partial charge is 0.338 e. The summed E-state index contributed by atoms with van der Waals surface area (Å²) in [4.78, 5) is 19.9. The van der Waals surface area contributed by atoms with Gasteiger partial charge in [-0.1, -0.05) is 6.07 Å². The van der Waals surface area contributed by atoms with E-state index in [-0.39, 0.29) is 17.2 Å². The lowest BCUT2D eigenvalue weighted by Crippen LogP contribution is -2.14. The van der Waals surface area contributed by atoms with E-state index in [0.29, 0.717) is 11.3 Å². The van der Waals surface area contributed by atoms with Gasteiger partial charge in [0.05, 0.1) is 17.3 Å². The number of nitrogens with zero attached hydrogens (tertiary/aromatic N) is 3. The van der Waals surface area contributed by atoms with E-state index in [1.807, 2.05) is 6.07 Å². The van der Waals surface area contributed by atoms with Crippen LogP contribution < -0.4 is 10.6 Å². The zero-order valence-electron chi connectivity index (χ0n) is 13.5. The molecule has 1 heterocycles. The standard InChI is InChI=1S/C18H10F3N5O/c19-12-4-5-13(17(21)16(12)20)26-15-7-14(23-9-24-15)18(27)25-11-3-1-2-10(6-11)8-22/h1-7,9H,(H,25,27)(H,23,24,26). The highest BCUT2D eigenvalue weighted by atomic mass is 19.2. The van der Waals surface area contributed by atoms with Crippen LogP contribution in [0.4, 0.5) is 30.4 Å². The lowest BCUT2D eigenvalue weighted by atomic mass is 10.2. The number of carbonyl (C=O) groups excluding carboxylic acids is 1. The number of carbonyl (C=O) groups is 1. The van der Waals surface area contributed by atoms with Crippen molar-refractivity contribution < 1.29 is 18.0 Å². The summed E-state index contributed by atoms with van der Waals surface area (Å²) in [6.07, 6.45) is 1.06. The Balaban J connectivity index is 1.80. The molecule has 0 aliphatic heterocycles. The Labute approximate surface area is 151 Å². The molecule has 0 spiro atoms. The molecule has 3 rings (SSSR count). The fourth-order valence-corrected chi connectivity index (χ4v) is 2.17. The van der Waals surface area contributed by atoms with Crippen LogP contribution in [0.25, 0.3) is 0 Å². The highest BCUT2D eigenvalue weighted by molar-refractivity contribution is 6.03. The molecule has 0 unspecified atom stereocenters. The first kappa shape index (κ1) is 17.9. The van der Waals surface area contributed by atoms with E-state index in [4.69, 9.17) is 5.26 Å². The molecule has 9 heteroatoms. The molecule has 0 fully saturated rings. The predicted molar refractivity (Wildman–Crippen MR) is 90.7 cm³/mol. The second-order valence-corrected chi connectivity index (χ2v) is 5.28. The van der Waals surface area contributed by atoms with Crippen LogP contribution in [0.2, 0.25) is 0 Å². The summed E-state index contributed by atoms with van der Waals surface area (Å²) in [5.74, 6) is -4.94. The van der Waals surface area contributed by atoms with Crippen molar-refractivity contribution in [2.45, 2.75) is 0 Å². The van der Waals surface area contributed by atoms with Gasteiger partial charge >= 0.3 is 0 Å². The summed E-state index contributed by atoms with van der Waals surface area (Å²) in [6.45, 7) is 0. The molecule has 2 N–H and O–H groups in total. The zero-order valence-corrected chi connectivity index (χ0v) is 13.5. The quantitative estimate of drug-likeness (QED) is 0.684. The fourth-order valence-electron chi connectivity index (χ4n) is 2.17. The summed E-state index contributed by atoms with van der Waals surface area (Å²) in [7, 11) is 0. The van der Waals surface area contributed by atoms with Crippen molar-refractivity contribution in [3.05, 3.63) is 77.5 Å². The second-order valence-electron chi connectivity index (χ2n) is 5.28. The normalized spacial score (nSPS) is 10.1. The lowest BCUT2D eigenvalue weighted by molar-refractivity contribution is 0.102. The van der Waals surface area contributed by atoms with Crippen molar-refractivity contribution in [3.63, 3.8) is 0 Å². The van der Waals surface area contributed by atoms with Gasteiger partial charge in [-0.15, -0.1) is 0 Å². The van der Waals surface area contributed by atoms with Crippen molar-refractivity contribution in [2.24, 2.45) is 0 Å². The molecule has 0 bridgehead atoms. The maximum Gasteiger partial charge on any atom is 0.274 e. The van der Waals surface area contributed by atoms with Crippen molar-refractivity contribution in [3.8, 4) is 6.07 Å². The molecule has 0 aliphatic rings. The van der Waals surface area contributed by atoms with E-state index in [1.54, 1.807) is 18.2 Å². The van der Waals surface area contributed by atoms with Gasteiger partial charge in [-0.25, -0.2) is 23.1 Å². The molecule has 1 aromatic heterocycles. The third-order valence-corrected chi connectivity index (χ3v) is 3.45. The molecule has 0 saturated carbocycles. The molecule has 134 valence electrons. The minimum Gasteiger partial charge on any atom is -0.338 e. The van der Waals surface area contributed by atoms with Gasteiger partial charge in [-0.05, 0) is 30.3 Å². The number of anilines is 3. The molecule has 0 radical (unpaired) electrons. The number of nitriles is 1. The molecular weight excluding hydrogens is 359 g/mol. The van der Waals surface area contributed by atoms with E-state index >= 15 is 0 Å². The summed E-state index contributed by atoms with van der Waals surface area (Å²) in [5, 5.41) is 13.9. The Morgan fingerprint density at radius 2 is 1.85 bits per heavy atom. The smallest absolute Gasteiger partial charge is 0.274 e. The maximum atomic E-state index is 13.7. The van der Waals surface area contributed by atoms with Crippen LogP contribution in [0.3, 0.4) is 0 Å². The van der Waals surface area contributed by atoms with Gasteiger partial charge in [0.2, 0.25) is 0 Å². The van der Waals surface area contributed by atoms with Crippen molar-refractivity contribution >= 4 is 23.1 Å². The van der Waals surface area contributed by atoms with Crippen molar-refractivity contribution in [1.82, 2.24) is 9.97 Å². The molecule has 2 aromatic carbocycles. The first-order valence-electron chi connectivity index (χ1n) is 7.52. The maximum absolute atomic E-state index is 13.7. The average Bonchev–Trinajstić information content (AvgIpc) is 2.69. The SMILES string of the molecule is N#Cc1cccc(NC(=O)c2cc(Nc3ccc(F)c(F)c3F)ncn2)c1. The number of rotatable bonds is 4. The summed E-state index contributed by atoms with van der Waals surface area (Å²) in [5.41, 5.74) is 0.351. The molecule has 1 amide bonds. The third-order valence-electron chi connectivity index (χ3n) is 3.45. The topological polar surface area (TPSA) is 90.7 Å². The third kappa shape index (κ3) is 4.01. The summed E-state index contributed by atoms with van der Waals surface area (Å²) < 4.78 is 40.0. The van der Waals surface area contributed by atoms with Gasteiger partial charge < -0.3 is 10.6 Å². The number of nitrogens with one attached hydrogen (secondary N) is 2. The first-order chi connectivity index (χ1) is 13.0. The Kier molecular flexibility index (Phi) is 4.99. The number of halogens is 3. The van der Waals surface area contributed by atoms with E-state index in [1.165, 1.54) is 12.1 Å². The summed E-state index contributed by atoms with van der Waals surface area (Å²) >= 11 is 0. The van der Waals surface area contributed by atoms with Crippen molar-refractivity contribution in [2.75, 3.05) is 10.6 Å². The molecule has 0 saturated heterocycles. The highest BCUT2D eigenvalue weighted by Crippen LogP contribution is 2.23. The Morgan fingerprint density at radius 1 is 1.04 bits per heavy atom. The molecule has 6 nitrogen and oxygen atoms in total. The van der Waals surface area contributed by atoms with E-state index in [9.17, 15) is 18.0 Å². The second kappa shape index (κ2) is 7.53. The monoisotopic (exact) mass is 369 g/mol. The van der Waals surface area contributed by atoms with Gasteiger partial charge in [0.1, 0.15) is 17.8 Å². The highest BCUT2D eigenvalue weighted by Gasteiger charge is 2.15. The molecule has 0 atom stereocenters.